The van der Waals surface area contributed by atoms with Gasteiger partial charge in [0, 0.05) is 0 Å². The van der Waals surface area contributed by atoms with Crippen LogP contribution in [-0.4, -0.2) is 0 Å². The van der Waals surface area contributed by atoms with E-state index >= 15 is 0 Å². The average Bonchev–Trinajstić information content (AvgIpc) is 2.89. The van der Waals surface area contributed by atoms with Crippen molar-refractivity contribution in [3.8, 4) is 0 Å². The van der Waals surface area contributed by atoms with Crippen LogP contribution in [0.4, 0.5) is 0 Å². The zero-order valence-corrected chi connectivity index (χ0v) is 16.5. The fourth-order valence-corrected chi connectivity index (χ4v) is 4.31. The third kappa shape index (κ3) is 6.72. The molecule has 0 bridgehead atoms. The summed E-state index contributed by atoms with van der Waals surface area (Å²) in [5.74, 6) is 5.12. The Bertz CT molecular complexity index is 195. The predicted octanol–water partition coefficient (Wildman–Crippen LogP) is 6.77. The SMILES string of the molecule is CC1CCC(C)C1[C@H](C)C1CCCC1.[CH3-].[CH3-].[Cl][Ti][Cl]. The molecule has 2 aliphatic rings. The van der Waals surface area contributed by atoms with Gasteiger partial charge >= 0.3 is 35.6 Å². The van der Waals surface area contributed by atoms with E-state index in [1.54, 1.807) is 0 Å². The van der Waals surface area contributed by atoms with Gasteiger partial charge in [0.2, 0.25) is 0 Å². The van der Waals surface area contributed by atoms with Crippen LogP contribution in [0.25, 0.3) is 0 Å². The van der Waals surface area contributed by atoms with Gasteiger partial charge in [-0.3, -0.25) is 0 Å². The molecule has 2 unspecified atom stereocenters. The van der Waals surface area contributed by atoms with Crippen molar-refractivity contribution in [1.82, 2.24) is 0 Å². The Morgan fingerprint density at radius 2 is 1.26 bits per heavy atom. The summed E-state index contributed by atoms with van der Waals surface area (Å²) >= 11 is -0.556. The minimum atomic E-state index is -0.556. The van der Waals surface area contributed by atoms with E-state index in [0.29, 0.717) is 0 Å². The van der Waals surface area contributed by atoms with Crippen LogP contribution in [0, 0.1) is 44.4 Å². The van der Waals surface area contributed by atoms with E-state index in [-0.39, 0.29) is 14.9 Å². The fourth-order valence-electron chi connectivity index (χ4n) is 4.31. The molecule has 0 nitrogen and oxygen atoms in total. The molecule has 3 heteroatoms. The molecule has 2 saturated carbocycles. The van der Waals surface area contributed by atoms with E-state index in [1.807, 2.05) is 0 Å². The van der Waals surface area contributed by atoms with E-state index in [4.69, 9.17) is 18.6 Å². The molecule has 0 amide bonds. The summed E-state index contributed by atoms with van der Waals surface area (Å²) in [7, 11) is 9.78. The van der Waals surface area contributed by atoms with Crippen LogP contribution in [0.3, 0.4) is 0 Å². The Morgan fingerprint density at radius 3 is 1.63 bits per heavy atom. The van der Waals surface area contributed by atoms with Gasteiger partial charge in [0.05, 0.1) is 0 Å². The molecular formula is C16H32Cl2Ti-2. The van der Waals surface area contributed by atoms with Crippen LogP contribution in [0.15, 0.2) is 0 Å². The van der Waals surface area contributed by atoms with Gasteiger partial charge in [0.15, 0.2) is 0 Å². The Balaban J connectivity index is 0. The molecule has 2 rings (SSSR count). The summed E-state index contributed by atoms with van der Waals surface area (Å²) in [6, 6.07) is 0. The molecule has 0 N–H and O–H groups in total. The molecule has 0 saturated heterocycles. The predicted molar refractivity (Wildman–Crippen MR) is 86.7 cm³/mol. The zero-order chi connectivity index (χ0) is 12.8. The van der Waals surface area contributed by atoms with Crippen LogP contribution in [-0.2, 0) is 17.0 Å². The third-order valence-electron chi connectivity index (χ3n) is 5.14. The number of halogens is 2. The molecule has 0 aliphatic heterocycles. The molecule has 2 aliphatic carbocycles. The van der Waals surface area contributed by atoms with E-state index in [0.717, 1.165) is 29.6 Å². The molecular weight excluding hydrogens is 311 g/mol. The summed E-state index contributed by atoms with van der Waals surface area (Å²) < 4.78 is 0. The fraction of sp³-hybridized carbons (Fsp3) is 0.875. The molecule has 2 fully saturated rings. The first-order valence-electron chi connectivity index (χ1n) is 7.08. The van der Waals surface area contributed by atoms with Crippen molar-refractivity contribution in [2.45, 2.75) is 59.3 Å². The summed E-state index contributed by atoms with van der Waals surface area (Å²) in [5.41, 5.74) is 0. The normalized spacial score (nSPS) is 31.5. The standard InChI is InChI=1S/C14H26.2CH3.2ClH.Ti/c1-10-8-9-11(2)14(10)12(3)13-6-4-5-7-13;;;;;/h10-14H,4-9H2,1-3H3;2*1H3;2*1H;/q;2*-1;;;+2/p-2/t10?,11?,12-,14?;;;;;/m1...../s1. The first-order valence-corrected chi connectivity index (χ1v) is 11.4. The molecule has 0 radical (unpaired) electrons. The van der Waals surface area contributed by atoms with Crippen molar-refractivity contribution in [2.24, 2.45) is 29.6 Å². The first-order chi connectivity index (χ1) is 8.11. The topological polar surface area (TPSA) is 0 Å². The first kappa shape index (κ1) is 22.6. The molecule has 0 aromatic heterocycles. The maximum absolute atomic E-state index is 4.89. The van der Waals surface area contributed by atoms with Crippen molar-refractivity contribution in [3.05, 3.63) is 14.9 Å². The Hall–Kier alpha value is 1.29. The van der Waals surface area contributed by atoms with Crippen molar-refractivity contribution in [1.29, 1.82) is 0 Å². The van der Waals surface area contributed by atoms with Gasteiger partial charge < -0.3 is 14.9 Å². The molecule has 0 spiro atoms. The van der Waals surface area contributed by atoms with Crippen LogP contribution < -0.4 is 0 Å². The van der Waals surface area contributed by atoms with Crippen molar-refractivity contribution >= 4 is 18.6 Å². The van der Waals surface area contributed by atoms with Gasteiger partial charge in [-0.25, -0.2) is 0 Å². The van der Waals surface area contributed by atoms with Crippen molar-refractivity contribution in [3.63, 3.8) is 0 Å². The number of hydrogen-bond acceptors (Lipinski definition) is 0. The van der Waals surface area contributed by atoms with Gasteiger partial charge in [-0.05, 0) is 29.6 Å². The second-order valence-corrected chi connectivity index (χ2v) is 8.66. The second kappa shape index (κ2) is 11.9. The van der Waals surface area contributed by atoms with E-state index in [9.17, 15) is 0 Å². The van der Waals surface area contributed by atoms with Crippen molar-refractivity contribution in [2.75, 3.05) is 0 Å². The molecule has 3 atom stereocenters. The quantitative estimate of drug-likeness (QED) is 0.383. The Kier molecular flexibility index (Phi) is 14.1. The summed E-state index contributed by atoms with van der Waals surface area (Å²) in [6.45, 7) is 7.51. The van der Waals surface area contributed by atoms with Gasteiger partial charge in [-0.2, -0.15) is 0 Å². The van der Waals surface area contributed by atoms with Gasteiger partial charge in [-0.1, -0.05) is 59.3 Å². The number of rotatable bonds is 2. The van der Waals surface area contributed by atoms with Crippen LogP contribution in [0.1, 0.15) is 59.3 Å². The van der Waals surface area contributed by atoms with E-state index in [1.165, 1.54) is 38.5 Å². The summed E-state index contributed by atoms with van der Waals surface area (Å²) in [5, 5.41) is 0. The third-order valence-corrected chi connectivity index (χ3v) is 5.14. The van der Waals surface area contributed by atoms with E-state index < -0.39 is 17.0 Å². The van der Waals surface area contributed by atoms with Crippen molar-refractivity contribution < 1.29 is 17.0 Å². The van der Waals surface area contributed by atoms with E-state index in [2.05, 4.69) is 20.8 Å². The maximum atomic E-state index is 4.89. The zero-order valence-electron chi connectivity index (χ0n) is 13.4. The van der Waals surface area contributed by atoms with Gasteiger partial charge in [0.25, 0.3) is 0 Å². The minimum absolute atomic E-state index is 0. The Labute approximate surface area is 139 Å². The second-order valence-electron chi connectivity index (χ2n) is 6.08. The molecule has 0 heterocycles. The van der Waals surface area contributed by atoms with Gasteiger partial charge in [-0.15, -0.1) is 0 Å². The summed E-state index contributed by atoms with van der Waals surface area (Å²) in [6.07, 6.45) is 9.04. The van der Waals surface area contributed by atoms with Crippen LogP contribution in [0.5, 0.6) is 0 Å². The van der Waals surface area contributed by atoms with Crippen LogP contribution >= 0.6 is 18.6 Å². The molecule has 116 valence electrons. The van der Waals surface area contributed by atoms with Crippen LogP contribution in [0.2, 0.25) is 0 Å². The molecule has 0 aromatic carbocycles. The number of hydrogen-bond donors (Lipinski definition) is 0. The summed E-state index contributed by atoms with van der Waals surface area (Å²) in [4.78, 5) is 0. The molecule has 19 heavy (non-hydrogen) atoms. The monoisotopic (exact) mass is 342 g/mol. The Morgan fingerprint density at radius 1 is 0.895 bits per heavy atom. The van der Waals surface area contributed by atoms with Gasteiger partial charge in [0.1, 0.15) is 0 Å². The molecule has 0 aromatic rings. The average molecular weight is 343 g/mol.